The fourth-order valence-corrected chi connectivity index (χ4v) is 5.15. The molecule has 1 spiro atoms. The molecule has 3 atom stereocenters. The maximum Gasteiger partial charge on any atom is 0.260 e. The first-order valence-corrected chi connectivity index (χ1v) is 9.03. The molecule has 2 aliphatic carbocycles. The topological polar surface area (TPSA) is 57.6 Å². The van der Waals surface area contributed by atoms with E-state index in [4.69, 9.17) is 0 Å². The van der Waals surface area contributed by atoms with Crippen molar-refractivity contribution in [3.63, 3.8) is 0 Å². The van der Waals surface area contributed by atoms with E-state index >= 15 is 0 Å². The van der Waals surface area contributed by atoms with Crippen molar-refractivity contribution in [2.45, 2.75) is 17.8 Å². The molecule has 1 fully saturated rings. The molecule has 1 saturated carbocycles. The van der Waals surface area contributed by atoms with Crippen LogP contribution in [0.4, 0.5) is 0 Å². The Balaban J connectivity index is 1.78. The van der Waals surface area contributed by atoms with Crippen LogP contribution in [0.1, 0.15) is 39.4 Å². The summed E-state index contributed by atoms with van der Waals surface area (Å²) in [6.45, 7) is -0.180. The van der Waals surface area contributed by atoms with Crippen LogP contribution in [-0.4, -0.2) is 35.0 Å². The number of nitrogens with zero attached hydrogens (tertiary/aromatic N) is 1. The molecule has 130 valence electrons. The molecule has 2 aromatic carbocycles. The van der Waals surface area contributed by atoms with Crippen molar-refractivity contribution in [2.75, 3.05) is 13.2 Å². The maximum absolute atomic E-state index is 13.6. The summed E-state index contributed by atoms with van der Waals surface area (Å²) in [7, 11) is 0. The molecule has 0 radical (unpaired) electrons. The molecule has 1 N–H and O–H groups in total. The minimum atomic E-state index is -0.731. The Labute approximate surface area is 151 Å². The summed E-state index contributed by atoms with van der Waals surface area (Å²) >= 11 is 0. The lowest BCUT2D eigenvalue weighted by Crippen LogP contribution is -2.66. The Bertz CT molecular complexity index is 949. The van der Waals surface area contributed by atoms with Gasteiger partial charge in [0.05, 0.1) is 18.6 Å². The van der Waals surface area contributed by atoms with Crippen LogP contribution in [0.25, 0.3) is 6.08 Å². The number of amides is 2. The van der Waals surface area contributed by atoms with Crippen LogP contribution in [0, 0.1) is 5.92 Å². The van der Waals surface area contributed by atoms with Crippen LogP contribution in [0.2, 0.25) is 0 Å². The van der Waals surface area contributed by atoms with Crippen molar-refractivity contribution in [1.29, 1.82) is 0 Å². The summed E-state index contributed by atoms with van der Waals surface area (Å²) in [6.07, 6.45) is 5.06. The first-order chi connectivity index (χ1) is 12.7. The molecule has 4 nitrogen and oxygen atoms in total. The van der Waals surface area contributed by atoms with Crippen LogP contribution in [0.15, 0.2) is 54.6 Å². The van der Waals surface area contributed by atoms with Gasteiger partial charge in [0.25, 0.3) is 5.91 Å². The zero-order valence-corrected chi connectivity index (χ0v) is 14.3. The summed E-state index contributed by atoms with van der Waals surface area (Å²) in [5.74, 6) is -0.325. The molecule has 1 heterocycles. The fraction of sp³-hybridized carbons (Fsp3) is 0.273. The number of rotatable bonds is 3. The normalized spacial score (nSPS) is 28.4. The maximum atomic E-state index is 13.6. The van der Waals surface area contributed by atoms with Gasteiger partial charge in [-0.05, 0) is 35.1 Å². The lowest BCUT2D eigenvalue weighted by atomic mass is 9.44. The molecule has 2 amide bonds. The third-order valence-corrected chi connectivity index (χ3v) is 6.24. The van der Waals surface area contributed by atoms with Gasteiger partial charge >= 0.3 is 0 Å². The van der Waals surface area contributed by atoms with Gasteiger partial charge in [-0.25, -0.2) is 0 Å². The van der Waals surface area contributed by atoms with E-state index in [1.54, 1.807) is 0 Å². The molecular formula is C22H19NO3. The first-order valence-electron chi connectivity index (χ1n) is 9.03. The minimum Gasteiger partial charge on any atom is -0.395 e. The van der Waals surface area contributed by atoms with Crippen molar-refractivity contribution in [2.24, 2.45) is 5.92 Å². The fourth-order valence-electron chi connectivity index (χ4n) is 5.15. The van der Waals surface area contributed by atoms with E-state index in [9.17, 15) is 14.7 Å². The molecule has 26 heavy (non-hydrogen) atoms. The number of carbonyl (C=O) groups excluding carboxylic acids is 2. The van der Waals surface area contributed by atoms with Crippen molar-refractivity contribution in [1.82, 2.24) is 4.90 Å². The molecule has 4 heteroatoms. The second-order valence-electron chi connectivity index (χ2n) is 7.29. The van der Waals surface area contributed by atoms with E-state index in [2.05, 4.69) is 18.2 Å². The lowest BCUT2D eigenvalue weighted by molar-refractivity contribution is -0.144. The number of aliphatic hydroxyl groups excluding tert-OH is 1. The smallest absolute Gasteiger partial charge is 0.260 e. The van der Waals surface area contributed by atoms with E-state index in [0.29, 0.717) is 5.56 Å². The van der Waals surface area contributed by atoms with Crippen LogP contribution in [-0.2, 0) is 10.2 Å². The van der Waals surface area contributed by atoms with Gasteiger partial charge < -0.3 is 5.11 Å². The second-order valence-corrected chi connectivity index (χ2v) is 7.29. The number of β-amino-alcohol motifs (C(OH)–C–C–N with tert-alkyl or cyclic N) is 1. The molecule has 3 aliphatic rings. The number of benzene rings is 2. The number of hydrogen-bond acceptors (Lipinski definition) is 3. The Morgan fingerprint density at radius 3 is 2.65 bits per heavy atom. The van der Waals surface area contributed by atoms with E-state index in [0.717, 1.165) is 23.1 Å². The summed E-state index contributed by atoms with van der Waals surface area (Å²) in [5.41, 5.74) is 2.85. The molecule has 2 aromatic rings. The van der Waals surface area contributed by atoms with Gasteiger partial charge in [0.15, 0.2) is 0 Å². The summed E-state index contributed by atoms with van der Waals surface area (Å²) < 4.78 is 0. The lowest BCUT2D eigenvalue weighted by Gasteiger charge is -2.59. The van der Waals surface area contributed by atoms with Gasteiger partial charge in [-0.3, -0.25) is 14.5 Å². The molecule has 0 saturated heterocycles. The van der Waals surface area contributed by atoms with E-state index in [1.807, 2.05) is 42.5 Å². The first kappa shape index (κ1) is 15.5. The predicted octanol–water partition coefficient (Wildman–Crippen LogP) is 2.73. The van der Waals surface area contributed by atoms with E-state index in [-0.39, 0.29) is 36.8 Å². The number of allylic oxidation sites excluding steroid dienone is 1. The molecule has 0 bridgehead atoms. The average Bonchev–Trinajstić information content (AvgIpc) is 2.65. The van der Waals surface area contributed by atoms with Gasteiger partial charge in [0.2, 0.25) is 5.91 Å². The van der Waals surface area contributed by atoms with Crippen molar-refractivity contribution in [3.8, 4) is 0 Å². The van der Waals surface area contributed by atoms with Gasteiger partial charge in [-0.2, -0.15) is 0 Å². The van der Waals surface area contributed by atoms with Crippen LogP contribution >= 0.6 is 0 Å². The molecule has 1 aliphatic heterocycles. The molecular weight excluding hydrogens is 326 g/mol. The highest BCUT2D eigenvalue weighted by molar-refractivity contribution is 6.15. The minimum absolute atomic E-state index is 0.0420. The SMILES string of the molecule is O=C1c2cccc3c2[C@]2(C(=O)N1CCO)C(C=C3)CC2c1ccccc1. The van der Waals surface area contributed by atoms with Gasteiger partial charge in [0, 0.05) is 11.5 Å². The van der Waals surface area contributed by atoms with Crippen LogP contribution in [0.3, 0.4) is 0 Å². The average molecular weight is 345 g/mol. The third kappa shape index (κ3) is 1.72. The highest BCUT2D eigenvalue weighted by atomic mass is 16.3. The monoisotopic (exact) mass is 345 g/mol. The Kier molecular flexibility index (Phi) is 3.22. The highest BCUT2D eigenvalue weighted by Gasteiger charge is 2.66. The van der Waals surface area contributed by atoms with Crippen molar-refractivity contribution < 1.29 is 14.7 Å². The van der Waals surface area contributed by atoms with Gasteiger partial charge in [-0.1, -0.05) is 54.6 Å². The zero-order valence-electron chi connectivity index (χ0n) is 14.3. The summed E-state index contributed by atoms with van der Waals surface area (Å²) in [5, 5.41) is 9.42. The summed E-state index contributed by atoms with van der Waals surface area (Å²) in [6, 6.07) is 15.8. The molecule has 5 rings (SSSR count). The molecule has 2 unspecified atom stereocenters. The number of carbonyl (C=O) groups is 2. The third-order valence-electron chi connectivity index (χ3n) is 6.24. The second kappa shape index (κ2) is 5.39. The Morgan fingerprint density at radius 1 is 1.08 bits per heavy atom. The number of hydrogen-bond donors (Lipinski definition) is 1. The highest BCUT2D eigenvalue weighted by Crippen LogP contribution is 2.64. The van der Waals surface area contributed by atoms with E-state index < -0.39 is 5.41 Å². The predicted molar refractivity (Wildman–Crippen MR) is 97.6 cm³/mol. The quantitative estimate of drug-likeness (QED) is 0.870. The summed E-state index contributed by atoms with van der Waals surface area (Å²) in [4.78, 5) is 27.8. The van der Waals surface area contributed by atoms with Gasteiger partial charge in [0.1, 0.15) is 0 Å². The Morgan fingerprint density at radius 2 is 1.88 bits per heavy atom. The number of aliphatic hydroxyl groups is 1. The van der Waals surface area contributed by atoms with Crippen molar-refractivity contribution in [3.05, 3.63) is 76.9 Å². The van der Waals surface area contributed by atoms with Crippen LogP contribution in [0.5, 0.6) is 0 Å². The van der Waals surface area contributed by atoms with E-state index in [1.165, 1.54) is 4.90 Å². The largest absolute Gasteiger partial charge is 0.395 e. The Hall–Kier alpha value is -2.72. The van der Waals surface area contributed by atoms with Gasteiger partial charge in [-0.15, -0.1) is 0 Å². The molecule has 0 aromatic heterocycles. The standard InChI is InChI=1S/C22H19NO3/c24-12-11-23-20(25)17-8-4-7-15-9-10-16-13-18(14-5-2-1-3-6-14)22(16,19(15)17)21(23)26/h1-10,16,18,24H,11-13H2/t16?,18?,22-/m0/s1. The zero-order chi connectivity index (χ0) is 17.9. The van der Waals surface area contributed by atoms with Crippen LogP contribution < -0.4 is 0 Å². The van der Waals surface area contributed by atoms with Crippen molar-refractivity contribution >= 4 is 17.9 Å². The number of imide groups is 1.